The molecule has 0 aromatic carbocycles. The molecule has 4 heterocycles. The highest BCUT2D eigenvalue weighted by Gasteiger charge is 2.27. The van der Waals surface area contributed by atoms with Crippen LogP contribution in [0.5, 0.6) is 0 Å². The number of rotatable bonds is 8. The Morgan fingerprint density at radius 2 is 2.12 bits per heavy atom. The molecule has 32 heavy (non-hydrogen) atoms. The number of carbonyl (C=O) groups is 2. The number of fused-ring (bicyclic) bond motifs is 1. The molecular formula is C22H26N4O5S. The quantitative estimate of drug-likeness (QED) is 0.493. The lowest BCUT2D eigenvalue weighted by Crippen LogP contribution is -2.24. The SMILES string of the molecule is COCCn1c(C(=O)OC)c(NC(=O)c2ccco2)c2cc(NC3CCSCC3)cnc21. The monoisotopic (exact) mass is 458 g/mol. The number of pyridine rings is 1. The fourth-order valence-electron chi connectivity index (χ4n) is 3.80. The van der Waals surface area contributed by atoms with Gasteiger partial charge in [0.1, 0.15) is 5.65 Å². The van der Waals surface area contributed by atoms with E-state index >= 15 is 0 Å². The number of esters is 1. The molecule has 10 heteroatoms. The van der Waals surface area contributed by atoms with E-state index in [1.54, 1.807) is 30.0 Å². The summed E-state index contributed by atoms with van der Waals surface area (Å²) in [5.41, 5.74) is 1.93. The van der Waals surface area contributed by atoms with Crippen LogP contribution in [0.15, 0.2) is 35.1 Å². The minimum Gasteiger partial charge on any atom is -0.464 e. The van der Waals surface area contributed by atoms with Crippen molar-refractivity contribution in [1.29, 1.82) is 0 Å². The molecule has 0 atom stereocenters. The van der Waals surface area contributed by atoms with Crippen molar-refractivity contribution < 1.29 is 23.5 Å². The van der Waals surface area contributed by atoms with Gasteiger partial charge in [-0.25, -0.2) is 9.78 Å². The van der Waals surface area contributed by atoms with Gasteiger partial charge < -0.3 is 29.1 Å². The number of ether oxygens (including phenoxy) is 2. The van der Waals surface area contributed by atoms with E-state index in [2.05, 4.69) is 15.6 Å². The van der Waals surface area contributed by atoms with Crippen molar-refractivity contribution in [2.75, 3.05) is 43.0 Å². The maximum Gasteiger partial charge on any atom is 0.356 e. The fourth-order valence-corrected chi connectivity index (χ4v) is 4.91. The van der Waals surface area contributed by atoms with E-state index in [1.165, 1.54) is 13.4 Å². The van der Waals surface area contributed by atoms with Crippen LogP contribution in [0.2, 0.25) is 0 Å². The Hall–Kier alpha value is -2.98. The summed E-state index contributed by atoms with van der Waals surface area (Å²) in [7, 11) is 2.89. The second kappa shape index (κ2) is 10.1. The van der Waals surface area contributed by atoms with Gasteiger partial charge in [0.25, 0.3) is 5.91 Å². The number of amides is 1. The second-order valence-corrected chi connectivity index (χ2v) is 8.64. The summed E-state index contributed by atoms with van der Waals surface area (Å²) < 4.78 is 17.2. The predicted octanol–water partition coefficient (Wildman–Crippen LogP) is 3.62. The summed E-state index contributed by atoms with van der Waals surface area (Å²) in [6, 6.07) is 5.47. The summed E-state index contributed by atoms with van der Waals surface area (Å²) in [6.07, 6.45) is 5.33. The molecule has 9 nitrogen and oxygen atoms in total. The third-order valence-corrected chi connectivity index (χ3v) is 6.42. The molecule has 0 bridgehead atoms. The molecule has 2 N–H and O–H groups in total. The van der Waals surface area contributed by atoms with E-state index in [0.29, 0.717) is 35.9 Å². The molecule has 0 radical (unpaired) electrons. The van der Waals surface area contributed by atoms with Crippen LogP contribution in [0.3, 0.4) is 0 Å². The first-order chi connectivity index (χ1) is 15.6. The fraction of sp³-hybridized carbons (Fsp3) is 0.409. The number of nitrogens with zero attached hydrogens (tertiary/aromatic N) is 2. The minimum atomic E-state index is -0.576. The molecule has 3 aromatic rings. The number of hydrogen-bond acceptors (Lipinski definition) is 8. The average molecular weight is 459 g/mol. The van der Waals surface area contributed by atoms with Gasteiger partial charge in [0.05, 0.1) is 37.6 Å². The summed E-state index contributed by atoms with van der Waals surface area (Å²) in [5, 5.41) is 7.01. The normalized spacial score (nSPS) is 14.4. The predicted molar refractivity (Wildman–Crippen MR) is 124 cm³/mol. The molecule has 0 unspecified atom stereocenters. The highest BCUT2D eigenvalue weighted by Crippen LogP contribution is 2.33. The van der Waals surface area contributed by atoms with Crippen LogP contribution in [0.25, 0.3) is 11.0 Å². The van der Waals surface area contributed by atoms with Gasteiger partial charge >= 0.3 is 5.97 Å². The molecule has 0 spiro atoms. The minimum absolute atomic E-state index is 0.139. The van der Waals surface area contributed by atoms with Crippen molar-refractivity contribution in [3.63, 3.8) is 0 Å². The second-order valence-electron chi connectivity index (χ2n) is 7.42. The van der Waals surface area contributed by atoms with Gasteiger partial charge in [-0.15, -0.1) is 0 Å². The molecule has 1 aliphatic rings. The summed E-state index contributed by atoms with van der Waals surface area (Å²) in [5.74, 6) is 1.34. The van der Waals surface area contributed by atoms with Crippen molar-refractivity contribution in [2.45, 2.75) is 25.4 Å². The van der Waals surface area contributed by atoms with E-state index in [1.807, 2.05) is 17.8 Å². The Bertz CT molecular complexity index is 1090. The largest absolute Gasteiger partial charge is 0.464 e. The topological polar surface area (TPSA) is 108 Å². The first-order valence-electron chi connectivity index (χ1n) is 10.4. The zero-order valence-electron chi connectivity index (χ0n) is 18.1. The maximum atomic E-state index is 12.8. The van der Waals surface area contributed by atoms with Crippen LogP contribution < -0.4 is 10.6 Å². The molecule has 170 valence electrons. The number of thioether (sulfide) groups is 1. The summed E-state index contributed by atoms with van der Waals surface area (Å²) in [6.45, 7) is 0.731. The zero-order chi connectivity index (χ0) is 22.5. The number of aromatic nitrogens is 2. The van der Waals surface area contributed by atoms with Gasteiger partial charge in [-0.1, -0.05) is 0 Å². The van der Waals surface area contributed by atoms with Crippen molar-refractivity contribution in [3.05, 3.63) is 42.1 Å². The molecule has 0 aliphatic carbocycles. The Balaban J connectivity index is 1.79. The Labute approximate surface area is 189 Å². The van der Waals surface area contributed by atoms with Crippen LogP contribution >= 0.6 is 11.8 Å². The van der Waals surface area contributed by atoms with Crippen molar-refractivity contribution in [1.82, 2.24) is 9.55 Å². The van der Waals surface area contributed by atoms with Crippen LogP contribution in [0.1, 0.15) is 33.9 Å². The van der Waals surface area contributed by atoms with Gasteiger partial charge in [-0.05, 0) is 42.5 Å². The first kappa shape index (κ1) is 22.2. The van der Waals surface area contributed by atoms with E-state index in [0.717, 1.165) is 30.0 Å². The van der Waals surface area contributed by atoms with Gasteiger partial charge in [0.15, 0.2) is 11.5 Å². The third-order valence-electron chi connectivity index (χ3n) is 5.37. The third kappa shape index (κ3) is 4.61. The van der Waals surface area contributed by atoms with Gasteiger partial charge in [0.2, 0.25) is 0 Å². The average Bonchev–Trinajstić information content (AvgIpc) is 3.45. The molecule has 0 saturated carbocycles. The first-order valence-corrected chi connectivity index (χ1v) is 11.6. The molecule has 1 aliphatic heterocycles. The molecule has 4 rings (SSSR count). The molecule has 1 amide bonds. The number of carbonyl (C=O) groups excluding carboxylic acids is 2. The van der Waals surface area contributed by atoms with Gasteiger partial charge in [-0.3, -0.25) is 4.79 Å². The summed E-state index contributed by atoms with van der Waals surface area (Å²) >= 11 is 1.96. The summed E-state index contributed by atoms with van der Waals surface area (Å²) in [4.78, 5) is 30.2. The number of methoxy groups -OCH3 is 2. The van der Waals surface area contributed by atoms with E-state index in [9.17, 15) is 9.59 Å². The molecular weight excluding hydrogens is 432 g/mol. The van der Waals surface area contributed by atoms with Crippen molar-refractivity contribution in [2.24, 2.45) is 0 Å². The Morgan fingerprint density at radius 3 is 2.81 bits per heavy atom. The highest BCUT2D eigenvalue weighted by atomic mass is 32.2. The number of nitrogens with one attached hydrogen (secondary N) is 2. The zero-order valence-corrected chi connectivity index (χ0v) is 18.9. The molecule has 3 aromatic heterocycles. The number of anilines is 2. The van der Waals surface area contributed by atoms with Crippen LogP contribution in [-0.4, -0.2) is 59.8 Å². The number of hydrogen-bond donors (Lipinski definition) is 2. The van der Waals surface area contributed by atoms with E-state index < -0.39 is 11.9 Å². The molecule has 1 fully saturated rings. The number of furan rings is 1. The lowest BCUT2D eigenvalue weighted by atomic mass is 10.1. The lowest BCUT2D eigenvalue weighted by molar-refractivity contribution is 0.0588. The Morgan fingerprint density at radius 1 is 1.31 bits per heavy atom. The highest BCUT2D eigenvalue weighted by molar-refractivity contribution is 7.99. The van der Waals surface area contributed by atoms with Gasteiger partial charge in [-0.2, -0.15) is 11.8 Å². The maximum absolute atomic E-state index is 12.8. The van der Waals surface area contributed by atoms with Crippen molar-refractivity contribution in [3.8, 4) is 0 Å². The Kier molecular flexibility index (Phi) is 7.01. The van der Waals surface area contributed by atoms with Crippen molar-refractivity contribution >= 4 is 46.0 Å². The van der Waals surface area contributed by atoms with E-state index in [-0.39, 0.29) is 11.5 Å². The van der Waals surface area contributed by atoms with Crippen LogP contribution in [0, 0.1) is 0 Å². The molecule has 1 saturated heterocycles. The lowest BCUT2D eigenvalue weighted by Gasteiger charge is -2.23. The van der Waals surface area contributed by atoms with E-state index in [4.69, 9.17) is 13.9 Å². The van der Waals surface area contributed by atoms with Crippen LogP contribution in [-0.2, 0) is 16.0 Å². The standard InChI is InChI=1S/C22H26N4O5S/c1-29-9-7-26-19(22(28)30-2)18(25-21(27)17-4-3-8-31-17)16-12-15(13-23-20(16)26)24-14-5-10-32-11-6-14/h3-4,8,12-14,24H,5-7,9-11H2,1-2H3,(H,25,27). The van der Waals surface area contributed by atoms with Crippen LogP contribution in [0.4, 0.5) is 11.4 Å². The smallest absolute Gasteiger partial charge is 0.356 e. The van der Waals surface area contributed by atoms with Gasteiger partial charge in [0, 0.05) is 25.1 Å².